The van der Waals surface area contributed by atoms with Crippen LogP contribution in [0.2, 0.25) is 0 Å². The van der Waals surface area contributed by atoms with Crippen molar-refractivity contribution in [3.63, 3.8) is 0 Å². The number of anilines is 2. The van der Waals surface area contributed by atoms with Crippen molar-refractivity contribution >= 4 is 23.4 Å². The third kappa shape index (κ3) is 1.67. The SMILES string of the molecule is O=C1COc2ccc(N3CCOC3=O)cc2N1. The Kier molecular flexibility index (Phi) is 2.14. The van der Waals surface area contributed by atoms with Crippen LogP contribution in [0.25, 0.3) is 0 Å². The molecular weight excluding hydrogens is 224 g/mol. The molecule has 1 fully saturated rings. The fraction of sp³-hybridized carbons (Fsp3) is 0.273. The Morgan fingerprint density at radius 1 is 1.24 bits per heavy atom. The summed E-state index contributed by atoms with van der Waals surface area (Å²) >= 11 is 0. The smallest absolute Gasteiger partial charge is 0.414 e. The van der Waals surface area contributed by atoms with Crippen LogP contribution in [0.1, 0.15) is 0 Å². The number of carbonyl (C=O) groups excluding carboxylic acids is 2. The van der Waals surface area contributed by atoms with Crippen LogP contribution in [0, 0.1) is 0 Å². The van der Waals surface area contributed by atoms with Gasteiger partial charge >= 0.3 is 6.09 Å². The summed E-state index contributed by atoms with van der Waals surface area (Å²) in [5.74, 6) is 0.416. The molecule has 1 aromatic carbocycles. The Balaban J connectivity index is 1.94. The predicted molar refractivity (Wildman–Crippen MR) is 59.3 cm³/mol. The maximum absolute atomic E-state index is 11.4. The quantitative estimate of drug-likeness (QED) is 0.786. The zero-order valence-corrected chi connectivity index (χ0v) is 8.93. The minimum atomic E-state index is -0.368. The van der Waals surface area contributed by atoms with Gasteiger partial charge in [-0.1, -0.05) is 0 Å². The number of hydrogen-bond acceptors (Lipinski definition) is 4. The molecule has 3 rings (SSSR count). The van der Waals surface area contributed by atoms with Gasteiger partial charge in [-0.05, 0) is 18.2 Å². The van der Waals surface area contributed by atoms with Crippen molar-refractivity contribution in [3.8, 4) is 5.75 Å². The van der Waals surface area contributed by atoms with Gasteiger partial charge in [-0.3, -0.25) is 9.69 Å². The maximum Gasteiger partial charge on any atom is 0.414 e. The number of nitrogens with zero attached hydrogens (tertiary/aromatic N) is 1. The molecule has 0 radical (unpaired) electrons. The van der Waals surface area contributed by atoms with Gasteiger partial charge in [-0.25, -0.2) is 4.79 Å². The number of carbonyl (C=O) groups is 2. The van der Waals surface area contributed by atoms with Crippen molar-refractivity contribution in [1.82, 2.24) is 0 Å². The molecule has 0 spiro atoms. The summed E-state index contributed by atoms with van der Waals surface area (Å²) in [5, 5.41) is 2.70. The number of cyclic esters (lactones) is 1. The zero-order valence-electron chi connectivity index (χ0n) is 8.93. The van der Waals surface area contributed by atoms with Gasteiger partial charge in [0, 0.05) is 5.69 Å². The van der Waals surface area contributed by atoms with Crippen molar-refractivity contribution in [1.29, 1.82) is 0 Å². The highest BCUT2D eigenvalue weighted by atomic mass is 16.6. The van der Waals surface area contributed by atoms with E-state index in [0.29, 0.717) is 30.3 Å². The fourth-order valence-electron chi connectivity index (χ4n) is 1.87. The summed E-state index contributed by atoms with van der Waals surface area (Å²) in [6.07, 6.45) is -0.368. The lowest BCUT2D eigenvalue weighted by Crippen LogP contribution is -2.27. The highest BCUT2D eigenvalue weighted by Gasteiger charge is 2.25. The first-order chi connectivity index (χ1) is 8.24. The minimum Gasteiger partial charge on any atom is -0.482 e. The van der Waals surface area contributed by atoms with Crippen LogP contribution in [0.3, 0.4) is 0 Å². The molecule has 0 aliphatic carbocycles. The molecule has 0 unspecified atom stereocenters. The number of hydrogen-bond donors (Lipinski definition) is 1. The summed E-state index contributed by atoms with van der Waals surface area (Å²) in [5.41, 5.74) is 1.27. The number of amides is 2. The number of nitrogens with one attached hydrogen (secondary N) is 1. The molecular formula is C11H10N2O4. The Morgan fingerprint density at radius 3 is 2.88 bits per heavy atom. The average Bonchev–Trinajstić information content (AvgIpc) is 2.74. The van der Waals surface area contributed by atoms with Crippen molar-refractivity contribution in [2.75, 3.05) is 30.0 Å². The van der Waals surface area contributed by atoms with E-state index in [4.69, 9.17) is 9.47 Å². The number of fused-ring (bicyclic) bond motifs is 1. The Hall–Kier alpha value is -2.24. The van der Waals surface area contributed by atoms with Crippen molar-refractivity contribution < 1.29 is 19.1 Å². The average molecular weight is 234 g/mol. The number of benzene rings is 1. The molecule has 2 amide bonds. The second-order valence-corrected chi connectivity index (χ2v) is 3.78. The molecule has 6 nitrogen and oxygen atoms in total. The first-order valence-corrected chi connectivity index (χ1v) is 5.25. The molecule has 0 aromatic heterocycles. The lowest BCUT2D eigenvalue weighted by atomic mass is 10.2. The van der Waals surface area contributed by atoms with Crippen molar-refractivity contribution in [2.45, 2.75) is 0 Å². The van der Waals surface area contributed by atoms with E-state index in [2.05, 4.69) is 5.32 Å². The van der Waals surface area contributed by atoms with Crippen LogP contribution in [0.4, 0.5) is 16.2 Å². The molecule has 2 aliphatic heterocycles. The Morgan fingerprint density at radius 2 is 2.12 bits per heavy atom. The highest BCUT2D eigenvalue weighted by Crippen LogP contribution is 2.32. The normalized spacial score (nSPS) is 18.2. The lowest BCUT2D eigenvalue weighted by Gasteiger charge is -2.20. The summed E-state index contributed by atoms with van der Waals surface area (Å²) in [6, 6.07) is 5.21. The lowest BCUT2D eigenvalue weighted by molar-refractivity contribution is -0.118. The molecule has 17 heavy (non-hydrogen) atoms. The minimum absolute atomic E-state index is 0.0259. The Labute approximate surface area is 97.1 Å². The summed E-state index contributed by atoms with van der Waals surface area (Å²) in [4.78, 5) is 24.1. The topological polar surface area (TPSA) is 67.9 Å². The van der Waals surface area contributed by atoms with Crippen molar-refractivity contribution in [2.24, 2.45) is 0 Å². The van der Waals surface area contributed by atoms with Gasteiger partial charge < -0.3 is 14.8 Å². The van der Waals surface area contributed by atoms with Crippen LogP contribution in [-0.2, 0) is 9.53 Å². The molecule has 2 heterocycles. The van der Waals surface area contributed by atoms with E-state index in [1.165, 1.54) is 4.90 Å². The van der Waals surface area contributed by atoms with Crippen LogP contribution in [0.15, 0.2) is 18.2 Å². The molecule has 1 aromatic rings. The van der Waals surface area contributed by atoms with E-state index in [1.807, 2.05) is 0 Å². The molecule has 1 saturated heterocycles. The van der Waals surface area contributed by atoms with E-state index >= 15 is 0 Å². The van der Waals surface area contributed by atoms with Gasteiger partial charge in [-0.2, -0.15) is 0 Å². The molecule has 88 valence electrons. The maximum atomic E-state index is 11.4. The van der Waals surface area contributed by atoms with Crippen LogP contribution in [-0.4, -0.2) is 31.8 Å². The Bertz CT molecular complexity index is 500. The third-order valence-electron chi connectivity index (χ3n) is 2.67. The molecule has 0 saturated carbocycles. The van der Waals surface area contributed by atoms with E-state index < -0.39 is 0 Å². The predicted octanol–water partition coefficient (Wildman–Crippen LogP) is 0.974. The highest BCUT2D eigenvalue weighted by molar-refractivity contribution is 5.97. The van der Waals surface area contributed by atoms with Gasteiger partial charge in [-0.15, -0.1) is 0 Å². The number of ether oxygens (including phenoxy) is 2. The molecule has 1 N–H and O–H groups in total. The molecule has 0 atom stereocenters. The van der Waals surface area contributed by atoms with Crippen molar-refractivity contribution in [3.05, 3.63) is 18.2 Å². The van der Waals surface area contributed by atoms with Gasteiger partial charge in [0.05, 0.1) is 12.2 Å². The van der Waals surface area contributed by atoms with Crippen LogP contribution in [0.5, 0.6) is 5.75 Å². The molecule has 6 heteroatoms. The summed E-state index contributed by atoms with van der Waals surface area (Å²) in [7, 11) is 0. The monoisotopic (exact) mass is 234 g/mol. The van der Waals surface area contributed by atoms with Gasteiger partial charge in [0.1, 0.15) is 12.4 Å². The standard InChI is InChI=1S/C11H10N2O4/c14-10-6-17-9-2-1-7(5-8(9)12-10)13-3-4-16-11(13)15/h1-2,5H,3-4,6H2,(H,12,14). The first kappa shape index (κ1) is 9.95. The van der Waals surface area contributed by atoms with Crippen LogP contribution < -0.4 is 15.0 Å². The summed E-state index contributed by atoms with van der Waals surface area (Å²) in [6.45, 7) is 0.934. The summed E-state index contributed by atoms with van der Waals surface area (Å²) < 4.78 is 10.1. The van der Waals surface area contributed by atoms with Gasteiger partial charge in [0.15, 0.2) is 6.61 Å². The third-order valence-corrected chi connectivity index (χ3v) is 2.67. The van der Waals surface area contributed by atoms with E-state index in [0.717, 1.165) is 0 Å². The first-order valence-electron chi connectivity index (χ1n) is 5.25. The fourth-order valence-corrected chi connectivity index (χ4v) is 1.87. The number of rotatable bonds is 1. The molecule has 0 bridgehead atoms. The van der Waals surface area contributed by atoms with E-state index in [9.17, 15) is 9.59 Å². The van der Waals surface area contributed by atoms with E-state index in [1.54, 1.807) is 18.2 Å². The largest absolute Gasteiger partial charge is 0.482 e. The molecule has 2 aliphatic rings. The zero-order chi connectivity index (χ0) is 11.8. The van der Waals surface area contributed by atoms with Gasteiger partial charge in [0.25, 0.3) is 5.91 Å². The second-order valence-electron chi connectivity index (χ2n) is 3.78. The van der Waals surface area contributed by atoms with Crippen LogP contribution >= 0.6 is 0 Å². The van der Waals surface area contributed by atoms with E-state index in [-0.39, 0.29) is 18.6 Å². The second kappa shape index (κ2) is 3.65. The van der Waals surface area contributed by atoms with Gasteiger partial charge in [0.2, 0.25) is 0 Å².